The molecule has 0 fully saturated rings. The SMILES string of the molecule is COC(C)C(C)(CO)Nc1ccc(C)cc1. The molecule has 0 amide bonds. The van der Waals surface area contributed by atoms with Crippen LogP contribution in [0.3, 0.4) is 0 Å². The molecule has 16 heavy (non-hydrogen) atoms. The van der Waals surface area contributed by atoms with Gasteiger partial charge in [0, 0.05) is 12.8 Å². The summed E-state index contributed by atoms with van der Waals surface area (Å²) in [4.78, 5) is 0. The van der Waals surface area contributed by atoms with Crippen LogP contribution in [0.5, 0.6) is 0 Å². The van der Waals surface area contributed by atoms with Gasteiger partial charge in [0.25, 0.3) is 0 Å². The van der Waals surface area contributed by atoms with Gasteiger partial charge >= 0.3 is 0 Å². The van der Waals surface area contributed by atoms with Gasteiger partial charge in [-0.15, -0.1) is 0 Å². The number of anilines is 1. The molecule has 3 nitrogen and oxygen atoms in total. The number of ether oxygens (including phenoxy) is 1. The summed E-state index contributed by atoms with van der Waals surface area (Å²) in [5.74, 6) is 0. The number of aliphatic hydroxyl groups is 1. The van der Waals surface area contributed by atoms with E-state index in [0.29, 0.717) is 0 Å². The predicted molar refractivity (Wildman–Crippen MR) is 66.8 cm³/mol. The number of rotatable bonds is 5. The number of hydrogen-bond donors (Lipinski definition) is 2. The van der Waals surface area contributed by atoms with E-state index in [4.69, 9.17) is 4.74 Å². The molecular formula is C13H21NO2. The number of aryl methyl sites for hydroxylation is 1. The van der Waals surface area contributed by atoms with E-state index >= 15 is 0 Å². The normalized spacial score (nSPS) is 16.6. The Morgan fingerprint density at radius 3 is 2.38 bits per heavy atom. The molecule has 0 spiro atoms. The van der Waals surface area contributed by atoms with Gasteiger partial charge in [-0.25, -0.2) is 0 Å². The lowest BCUT2D eigenvalue weighted by Gasteiger charge is -2.34. The van der Waals surface area contributed by atoms with Crippen LogP contribution in [0, 0.1) is 6.92 Å². The number of nitrogens with one attached hydrogen (secondary N) is 1. The van der Waals surface area contributed by atoms with Crippen LogP contribution in [0.25, 0.3) is 0 Å². The maximum absolute atomic E-state index is 9.46. The average molecular weight is 223 g/mol. The van der Waals surface area contributed by atoms with E-state index < -0.39 is 5.54 Å². The molecule has 0 heterocycles. The highest BCUT2D eigenvalue weighted by Crippen LogP contribution is 2.20. The first-order valence-corrected chi connectivity index (χ1v) is 5.50. The van der Waals surface area contributed by atoms with Gasteiger partial charge < -0.3 is 15.2 Å². The first-order valence-electron chi connectivity index (χ1n) is 5.50. The molecule has 1 rings (SSSR count). The van der Waals surface area contributed by atoms with Gasteiger partial charge in [0.1, 0.15) is 0 Å². The minimum Gasteiger partial charge on any atom is -0.394 e. The second kappa shape index (κ2) is 5.32. The zero-order chi connectivity index (χ0) is 12.2. The van der Waals surface area contributed by atoms with Crippen LogP contribution in [0.1, 0.15) is 19.4 Å². The molecular weight excluding hydrogens is 202 g/mol. The molecule has 1 aromatic carbocycles. The molecule has 0 saturated heterocycles. The zero-order valence-corrected chi connectivity index (χ0v) is 10.4. The fourth-order valence-electron chi connectivity index (χ4n) is 1.50. The lowest BCUT2D eigenvalue weighted by atomic mass is 9.96. The van der Waals surface area contributed by atoms with Gasteiger partial charge in [-0.3, -0.25) is 0 Å². The van der Waals surface area contributed by atoms with Gasteiger partial charge in [0.2, 0.25) is 0 Å². The molecule has 0 aliphatic rings. The second-order valence-electron chi connectivity index (χ2n) is 4.44. The van der Waals surface area contributed by atoms with Gasteiger partial charge in [0.05, 0.1) is 18.2 Å². The van der Waals surface area contributed by atoms with Crippen molar-refractivity contribution in [2.45, 2.75) is 32.4 Å². The Kier molecular flexibility index (Phi) is 4.33. The molecule has 1 aromatic rings. The van der Waals surface area contributed by atoms with Crippen molar-refractivity contribution in [1.82, 2.24) is 0 Å². The molecule has 3 heteroatoms. The summed E-state index contributed by atoms with van der Waals surface area (Å²) in [5, 5.41) is 12.8. The van der Waals surface area contributed by atoms with Crippen LogP contribution in [0.4, 0.5) is 5.69 Å². The highest BCUT2D eigenvalue weighted by Gasteiger charge is 2.30. The van der Waals surface area contributed by atoms with Gasteiger partial charge in [-0.2, -0.15) is 0 Å². The molecule has 0 radical (unpaired) electrons. The predicted octanol–water partition coefficient (Wildman–Crippen LogP) is 2.19. The highest BCUT2D eigenvalue weighted by molar-refractivity contribution is 5.47. The molecule has 2 unspecified atom stereocenters. The minimum absolute atomic E-state index is 0.0237. The number of hydrogen-bond acceptors (Lipinski definition) is 3. The van der Waals surface area contributed by atoms with Crippen molar-refractivity contribution in [1.29, 1.82) is 0 Å². The summed E-state index contributed by atoms with van der Waals surface area (Å²) in [6.45, 7) is 5.96. The minimum atomic E-state index is -0.468. The first-order chi connectivity index (χ1) is 7.51. The van der Waals surface area contributed by atoms with Crippen molar-refractivity contribution in [3.05, 3.63) is 29.8 Å². The van der Waals surface area contributed by atoms with Crippen LogP contribution >= 0.6 is 0 Å². The van der Waals surface area contributed by atoms with Crippen LogP contribution in [0.2, 0.25) is 0 Å². The lowest BCUT2D eigenvalue weighted by Crippen LogP contribution is -2.49. The van der Waals surface area contributed by atoms with Crippen molar-refractivity contribution < 1.29 is 9.84 Å². The summed E-state index contributed by atoms with van der Waals surface area (Å²) in [7, 11) is 1.65. The Labute approximate surface area is 97.4 Å². The molecule has 90 valence electrons. The number of benzene rings is 1. The molecule has 0 aromatic heterocycles. The Hall–Kier alpha value is -1.06. The highest BCUT2D eigenvalue weighted by atomic mass is 16.5. The maximum atomic E-state index is 9.46. The molecule has 0 aliphatic heterocycles. The van der Waals surface area contributed by atoms with Crippen LogP contribution in [-0.4, -0.2) is 30.5 Å². The van der Waals surface area contributed by atoms with Crippen molar-refractivity contribution in [3.63, 3.8) is 0 Å². The topological polar surface area (TPSA) is 41.5 Å². The van der Waals surface area contributed by atoms with Crippen molar-refractivity contribution in [3.8, 4) is 0 Å². The van der Waals surface area contributed by atoms with E-state index in [-0.39, 0.29) is 12.7 Å². The Morgan fingerprint density at radius 1 is 1.38 bits per heavy atom. The number of methoxy groups -OCH3 is 1. The zero-order valence-electron chi connectivity index (χ0n) is 10.4. The van der Waals surface area contributed by atoms with Crippen LogP contribution < -0.4 is 5.32 Å². The third-order valence-electron chi connectivity index (χ3n) is 3.06. The molecule has 2 N–H and O–H groups in total. The van der Waals surface area contributed by atoms with Crippen LogP contribution in [0.15, 0.2) is 24.3 Å². The van der Waals surface area contributed by atoms with E-state index in [1.54, 1.807) is 7.11 Å². The van der Waals surface area contributed by atoms with E-state index in [1.165, 1.54) is 5.56 Å². The van der Waals surface area contributed by atoms with E-state index in [1.807, 2.05) is 45.0 Å². The van der Waals surface area contributed by atoms with Crippen molar-refractivity contribution in [2.75, 3.05) is 19.0 Å². The lowest BCUT2D eigenvalue weighted by molar-refractivity contribution is 0.0380. The number of aliphatic hydroxyl groups excluding tert-OH is 1. The van der Waals surface area contributed by atoms with Crippen molar-refractivity contribution in [2.24, 2.45) is 0 Å². The summed E-state index contributed by atoms with van der Waals surface area (Å²) < 4.78 is 5.28. The Morgan fingerprint density at radius 2 is 1.94 bits per heavy atom. The maximum Gasteiger partial charge on any atom is 0.0834 e. The fraction of sp³-hybridized carbons (Fsp3) is 0.538. The standard InChI is InChI=1S/C13H21NO2/c1-10-5-7-12(8-6-10)14-13(3,9-15)11(2)16-4/h5-8,11,14-15H,9H2,1-4H3. The monoisotopic (exact) mass is 223 g/mol. The quantitative estimate of drug-likeness (QED) is 0.804. The summed E-state index contributed by atoms with van der Waals surface area (Å²) in [6, 6.07) is 8.09. The van der Waals surface area contributed by atoms with Crippen molar-refractivity contribution >= 4 is 5.69 Å². The molecule has 2 atom stereocenters. The van der Waals surface area contributed by atoms with Gasteiger partial charge in [-0.1, -0.05) is 17.7 Å². The molecule has 0 aliphatic carbocycles. The Bertz CT molecular complexity index is 323. The smallest absolute Gasteiger partial charge is 0.0834 e. The Balaban J connectivity index is 2.80. The average Bonchev–Trinajstić information content (AvgIpc) is 2.31. The van der Waals surface area contributed by atoms with Gasteiger partial charge in [0.15, 0.2) is 0 Å². The second-order valence-corrected chi connectivity index (χ2v) is 4.44. The summed E-state index contributed by atoms with van der Waals surface area (Å²) >= 11 is 0. The summed E-state index contributed by atoms with van der Waals surface area (Å²) in [6.07, 6.45) is -0.0706. The molecule has 0 saturated carbocycles. The third-order valence-corrected chi connectivity index (χ3v) is 3.06. The van der Waals surface area contributed by atoms with E-state index in [0.717, 1.165) is 5.69 Å². The summed E-state index contributed by atoms with van der Waals surface area (Å²) in [5.41, 5.74) is 1.74. The van der Waals surface area contributed by atoms with E-state index in [2.05, 4.69) is 5.32 Å². The van der Waals surface area contributed by atoms with Crippen LogP contribution in [-0.2, 0) is 4.74 Å². The van der Waals surface area contributed by atoms with E-state index in [9.17, 15) is 5.11 Å². The largest absolute Gasteiger partial charge is 0.394 e. The fourth-order valence-corrected chi connectivity index (χ4v) is 1.50. The van der Waals surface area contributed by atoms with Gasteiger partial charge in [-0.05, 0) is 32.9 Å². The third kappa shape index (κ3) is 2.97. The first kappa shape index (κ1) is 13.0. The molecule has 0 bridgehead atoms.